The molecule has 0 fully saturated rings. The number of amides is 1. The predicted molar refractivity (Wildman–Crippen MR) is 73.8 cm³/mol. The van der Waals surface area contributed by atoms with Gasteiger partial charge in [-0.05, 0) is 37.0 Å². The number of hydrogen-bond donors (Lipinski definition) is 1. The van der Waals surface area contributed by atoms with Gasteiger partial charge in [0.25, 0.3) is 5.91 Å². The van der Waals surface area contributed by atoms with Crippen LogP contribution in [0.15, 0.2) is 18.3 Å². The second-order valence-electron chi connectivity index (χ2n) is 3.67. The van der Waals surface area contributed by atoms with Crippen molar-refractivity contribution in [2.75, 3.05) is 18.6 Å². The zero-order valence-corrected chi connectivity index (χ0v) is 11.5. The Morgan fingerprint density at radius 1 is 1.47 bits per heavy atom. The number of nitrogens with one attached hydrogen (secondary N) is 1. The summed E-state index contributed by atoms with van der Waals surface area (Å²) < 4.78 is 0. The molecular weight excluding hydrogens is 256 g/mol. The monoisotopic (exact) mass is 272 g/mol. The lowest BCUT2D eigenvalue weighted by molar-refractivity contribution is 0.0948. The van der Waals surface area contributed by atoms with Crippen LogP contribution in [0.5, 0.6) is 0 Å². The Hall–Kier alpha value is -0.740. The van der Waals surface area contributed by atoms with Gasteiger partial charge in [0.05, 0.1) is 0 Å². The predicted octanol–water partition coefficient (Wildman–Crippen LogP) is 3.00. The summed E-state index contributed by atoms with van der Waals surface area (Å²) in [5.41, 5.74) is 0.376. The quantitative estimate of drug-likeness (QED) is 0.776. The molecule has 17 heavy (non-hydrogen) atoms. The lowest BCUT2D eigenvalue weighted by Gasteiger charge is -2.04. The number of hydrogen-bond acceptors (Lipinski definition) is 3. The summed E-state index contributed by atoms with van der Waals surface area (Å²) in [6.07, 6.45) is 6.99. The normalized spacial score (nSPS) is 10.2. The van der Waals surface area contributed by atoms with E-state index in [2.05, 4.69) is 16.6 Å². The topological polar surface area (TPSA) is 42.0 Å². The van der Waals surface area contributed by atoms with Crippen molar-refractivity contribution in [2.24, 2.45) is 0 Å². The van der Waals surface area contributed by atoms with E-state index in [4.69, 9.17) is 11.6 Å². The smallest absolute Gasteiger partial charge is 0.269 e. The third-order valence-corrected chi connectivity index (χ3v) is 3.20. The zero-order chi connectivity index (χ0) is 12.5. The van der Waals surface area contributed by atoms with Gasteiger partial charge >= 0.3 is 0 Å². The average molecular weight is 273 g/mol. The Morgan fingerprint density at radius 2 is 2.29 bits per heavy atom. The Morgan fingerprint density at radius 3 is 3.00 bits per heavy atom. The number of unbranched alkanes of at least 4 members (excludes halogenated alkanes) is 2. The molecule has 0 unspecified atom stereocenters. The van der Waals surface area contributed by atoms with E-state index in [0.717, 1.165) is 12.8 Å². The van der Waals surface area contributed by atoms with Crippen molar-refractivity contribution in [1.29, 1.82) is 0 Å². The molecule has 1 N–H and O–H groups in total. The molecule has 1 rings (SSSR count). The summed E-state index contributed by atoms with van der Waals surface area (Å²) in [5, 5.41) is 3.37. The zero-order valence-electron chi connectivity index (χ0n) is 9.91. The Balaban J connectivity index is 2.21. The third-order valence-electron chi connectivity index (χ3n) is 2.27. The SMILES string of the molecule is CSCCCCCNC(=O)c1cc(Cl)ccn1. The third kappa shape index (κ3) is 5.94. The molecule has 0 aliphatic carbocycles. The summed E-state index contributed by atoms with van der Waals surface area (Å²) >= 11 is 7.64. The number of carbonyl (C=O) groups excluding carboxylic acids is 1. The molecule has 0 aromatic carbocycles. The van der Waals surface area contributed by atoms with Crippen LogP contribution in [-0.2, 0) is 0 Å². The molecule has 0 bridgehead atoms. The fourth-order valence-electron chi connectivity index (χ4n) is 1.37. The van der Waals surface area contributed by atoms with Crippen LogP contribution in [0.3, 0.4) is 0 Å². The lowest BCUT2D eigenvalue weighted by atomic mass is 10.2. The van der Waals surface area contributed by atoms with Gasteiger partial charge in [-0.1, -0.05) is 18.0 Å². The summed E-state index contributed by atoms with van der Waals surface area (Å²) in [6.45, 7) is 0.696. The maximum atomic E-state index is 11.6. The van der Waals surface area contributed by atoms with Gasteiger partial charge in [0, 0.05) is 17.8 Å². The standard InChI is InChI=1S/C12H17ClN2OS/c1-17-8-4-2-3-6-15-12(16)11-9-10(13)5-7-14-11/h5,7,9H,2-4,6,8H2,1H3,(H,15,16). The summed E-state index contributed by atoms with van der Waals surface area (Å²) in [7, 11) is 0. The minimum atomic E-state index is -0.155. The first-order valence-electron chi connectivity index (χ1n) is 5.62. The minimum absolute atomic E-state index is 0.155. The number of halogens is 1. The molecule has 0 saturated carbocycles. The van der Waals surface area contributed by atoms with E-state index in [1.54, 1.807) is 12.1 Å². The summed E-state index contributed by atoms with van der Waals surface area (Å²) in [6, 6.07) is 3.23. The molecular formula is C12H17ClN2OS. The molecule has 1 amide bonds. The summed E-state index contributed by atoms with van der Waals surface area (Å²) in [5.74, 6) is 1.03. The molecule has 0 radical (unpaired) electrons. The maximum absolute atomic E-state index is 11.6. The number of aromatic nitrogens is 1. The molecule has 5 heteroatoms. The van der Waals surface area contributed by atoms with Crippen LogP contribution >= 0.6 is 23.4 Å². The molecule has 0 spiro atoms. The van der Waals surface area contributed by atoms with Crippen LogP contribution in [0.4, 0.5) is 0 Å². The minimum Gasteiger partial charge on any atom is -0.351 e. The molecule has 1 aromatic rings. The van der Waals surface area contributed by atoms with Crippen LogP contribution in [-0.4, -0.2) is 29.4 Å². The van der Waals surface area contributed by atoms with E-state index in [1.165, 1.54) is 18.4 Å². The van der Waals surface area contributed by atoms with Crippen LogP contribution in [0.2, 0.25) is 5.02 Å². The van der Waals surface area contributed by atoms with E-state index in [1.807, 2.05) is 11.8 Å². The Bertz CT molecular complexity index is 360. The van der Waals surface area contributed by atoms with E-state index in [9.17, 15) is 4.79 Å². The van der Waals surface area contributed by atoms with E-state index >= 15 is 0 Å². The molecule has 1 aromatic heterocycles. The molecule has 3 nitrogen and oxygen atoms in total. The number of nitrogens with zero attached hydrogens (tertiary/aromatic N) is 1. The van der Waals surface area contributed by atoms with Crippen LogP contribution < -0.4 is 5.32 Å². The van der Waals surface area contributed by atoms with Gasteiger partial charge in [0.2, 0.25) is 0 Å². The van der Waals surface area contributed by atoms with Gasteiger partial charge < -0.3 is 5.32 Å². The summed E-state index contributed by atoms with van der Waals surface area (Å²) in [4.78, 5) is 15.6. The van der Waals surface area contributed by atoms with Crippen molar-refractivity contribution in [1.82, 2.24) is 10.3 Å². The van der Waals surface area contributed by atoms with E-state index in [-0.39, 0.29) is 5.91 Å². The van der Waals surface area contributed by atoms with Gasteiger partial charge in [0.1, 0.15) is 5.69 Å². The van der Waals surface area contributed by atoms with E-state index < -0.39 is 0 Å². The maximum Gasteiger partial charge on any atom is 0.269 e. The van der Waals surface area contributed by atoms with E-state index in [0.29, 0.717) is 17.3 Å². The first kappa shape index (κ1) is 14.3. The molecule has 0 atom stereocenters. The first-order valence-corrected chi connectivity index (χ1v) is 7.40. The lowest BCUT2D eigenvalue weighted by Crippen LogP contribution is -2.25. The van der Waals surface area contributed by atoms with Gasteiger partial charge in [-0.2, -0.15) is 11.8 Å². The number of carbonyl (C=O) groups is 1. The molecule has 0 saturated heterocycles. The van der Waals surface area contributed by atoms with Gasteiger partial charge in [-0.25, -0.2) is 0 Å². The van der Waals surface area contributed by atoms with Crippen molar-refractivity contribution < 1.29 is 4.79 Å². The van der Waals surface area contributed by atoms with Crippen molar-refractivity contribution in [3.8, 4) is 0 Å². The van der Waals surface area contributed by atoms with Crippen molar-refractivity contribution in [3.63, 3.8) is 0 Å². The second kappa shape index (κ2) is 8.37. The largest absolute Gasteiger partial charge is 0.351 e. The van der Waals surface area contributed by atoms with Crippen molar-refractivity contribution >= 4 is 29.3 Å². The van der Waals surface area contributed by atoms with Gasteiger partial charge in [-0.15, -0.1) is 0 Å². The van der Waals surface area contributed by atoms with Crippen molar-refractivity contribution in [2.45, 2.75) is 19.3 Å². The van der Waals surface area contributed by atoms with Crippen LogP contribution in [0.25, 0.3) is 0 Å². The number of pyridine rings is 1. The fraction of sp³-hybridized carbons (Fsp3) is 0.500. The highest BCUT2D eigenvalue weighted by Gasteiger charge is 2.06. The van der Waals surface area contributed by atoms with Crippen molar-refractivity contribution in [3.05, 3.63) is 29.0 Å². The highest BCUT2D eigenvalue weighted by molar-refractivity contribution is 7.98. The first-order chi connectivity index (χ1) is 8.24. The number of thioether (sulfide) groups is 1. The number of rotatable bonds is 7. The Labute approximate surface area is 111 Å². The molecule has 94 valence electrons. The fourth-order valence-corrected chi connectivity index (χ4v) is 2.02. The Kier molecular flexibility index (Phi) is 7.05. The second-order valence-corrected chi connectivity index (χ2v) is 5.09. The van der Waals surface area contributed by atoms with Gasteiger partial charge in [-0.3, -0.25) is 9.78 Å². The highest BCUT2D eigenvalue weighted by Crippen LogP contribution is 2.07. The van der Waals surface area contributed by atoms with Crippen LogP contribution in [0, 0.1) is 0 Å². The highest BCUT2D eigenvalue weighted by atomic mass is 35.5. The average Bonchev–Trinajstić information content (AvgIpc) is 2.33. The molecule has 1 heterocycles. The van der Waals surface area contributed by atoms with Crippen LogP contribution in [0.1, 0.15) is 29.8 Å². The molecule has 0 aliphatic rings. The molecule has 0 aliphatic heterocycles. The van der Waals surface area contributed by atoms with Gasteiger partial charge in [0.15, 0.2) is 0 Å².